The Balaban J connectivity index is 2.34. The molecule has 0 fully saturated rings. The third-order valence-electron chi connectivity index (χ3n) is 0.465. The highest BCUT2D eigenvalue weighted by Gasteiger charge is 1.72. The minimum atomic E-state index is 0.204. The lowest BCUT2D eigenvalue weighted by Crippen LogP contribution is -2.16. The molecule has 0 unspecified atom stereocenters. The molecule has 2 heteroatoms. The van der Waals surface area contributed by atoms with E-state index in [9.17, 15) is 0 Å². The Morgan fingerprint density at radius 2 is 2.33 bits per heavy atom. The monoisotopic (exact) mass is 88.1 g/mol. The van der Waals surface area contributed by atoms with E-state index in [4.69, 9.17) is 5.11 Å². The molecule has 0 spiro atoms. The molecule has 6 heavy (non-hydrogen) atoms. The van der Waals surface area contributed by atoms with Crippen LogP contribution in [0.2, 0.25) is 0 Å². The maximum Gasteiger partial charge on any atom is 0.0555 e. The SMILES string of the molecule is [CH2]CNCCO. The van der Waals surface area contributed by atoms with Gasteiger partial charge >= 0.3 is 0 Å². The van der Waals surface area contributed by atoms with E-state index >= 15 is 0 Å². The second-order valence-corrected chi connectivity index (χ2v) is 0.974. The molecule has 0 aliphatic heterocycles. The summed E-state index contributed by atoms with van der Waals surface area (Å²) in [6.45, 7) is 5.06. The first-order valence-corrected chi connectivity index (χ1v) is 2.02. The number of rotatable bonds is 3. The van der Waals surface area contributed by atoms with Gasteiger partial charge in [0.05, 0.1) is 6.61 Å². The topological polar surface area (TPSA) is 32.3 Å². The van der Waals surface area contributed by atoms with Gasteiger partial charge in [-0.2, -0.15) is 0 Å². The molecule has 0 atom stereocenters. The number of hydrogen-bond acceptors (Lipinski definition) is 2. The molecule has 0 aromatic carbocycles. The first-order valence-electron chi connectivity index (χ1n) is 2.02. The first-order chi connectivity index (χ1) is 2.91. The fraction of sp³-hybridized carbons (Fsp3) is 0.750. The molecule has 0 aliphatic carbocycles. The van der Waals surface area contributed by atoms with Gasteiger partial charge in [0.15, 0.2) is 0 Å². The summed E-state index contributed by atoms with van der Waals surface area (Å²) in [5.74, 6) is 0. The largest absolute Gasteiger partial charge is 0.395 e. The van der Waals surface area contributed by atoms with Gasteiger partial charge in [0.25, 0.3) is 0 Å². The van der Waals surface area contributed by atoms with Crippen LogP contribution in [0, 0.1) is 6.92 Å². The molecular weight excluding hydrogens is 78.0 g/mol. The van der Waals surface area contributed by atoms with Crippen LogP contribution in [0.4, 0.5) is 0 Å². The quantitative estimate of drug-likeness (QED) is 0.452. The Bertz CT molecular complexity index is 19.5. The average molecular weight is 88.1 g/mol. The zero-order valence-electron chi connectivity index (χ0n) is 3.78. The summed E-state index contributed by atoms with van der Waals surface area (Å²) >= 11 is 0. The van der Waals surface area contributed by atoms with Crippen molar-refractivity contribution < 1.29 is 5.11 Å². The highest BCUT2D eigenvalue weighted by molar-refractivity contribution is 4.43. The highest BCUT2D eigenvalue weighted by atomic mass is 16.3. The van der Waals surface area contributed by atoms with Crippen LogP contribution in [0.3, 0.4) is 0 Å². The van der Waals surface area contributed by atoms with Crippen molar-refractivity contribution in [2.75, 3.05) is 19.7 Å². The normalized spacial score (nSPS) is 9.00. The van der Waals surface area contributed by atoms with Crippen LogP contribution in [0.1, 0.15) is 0 Å². The van der Waals surface area contributed by atoms with Crippen molar-refractivity contribution in [3.63, 3.8) is 0 Å². The van der Waals surface area contributed by atoms with Gasteiger partial charge < -0.3 is 10.4 Å². The summed E-state index contributed by atoms with van der Waals surface area (Å²) in [7, 11) is 0. The minimum Gasteiger partial charge on any atom is -0.395 e. The molecule has 2 nitrogen and oxygen atoms in total. The zero-order chi connectivity index (χ0) is 4.83. The van der Waals surface area contributed by atoms with Crippen LogP contribution in [0.25, 0.3) is 0 Å². The van der Waals surface area contributed by atoms with E-state index in [2.05, 4.69) is 12.2 Å². The maximum absolute atomic E-state index is 8.11. The van der Waals surface area contributed by atoms with Crippen LogP contribution in [-0.2, 0) is 0 Å². The summed E-state index contributed by atoms with van der Waals surface area (Å²) in [6.07, 6.45) is 0. The van der Waals surface area contributed by atoms with Crippen molar-refractivity contribution in [2.45, 2.75) is 0 Å². The van der Waals surface area contributed by atoms with Crippen molar-refractivity contribution in [3.05, 3.63) is 6.92 Å². The lowest BCUT2D eigenvalue weighted by Gasteiger charge is -1.91. The molecule has 0 aromatic heterocycles. The second-order valence-electron chi connectivity index (χ2n) is 0.974. The van der Waals surface area contributed by atoms with Gasteiger partial charge in [0.1, 0.15) is 0 Å². The molecule has 0 rings (SSSR count). The standard InChI is InChI=1S/C4H10NO/c1-2-5-3-4-6/h5-6H,1-4H2. The number of aliphatic hydroxyl groups is 1. The van der Waals surface area contributed by atoms with Gasteiger partial charge in [-0.1, -0.05) is 0 Å². The molecule has 0 heterocycles. The lowest BCUT2D eigenvalue weighted by atomic mass is 10.6. The summed E-state index contributed by atoms with van der Waals surface area (Å²) in [5, 5.41) is 10.9. The molecule has 0 amide bonds. The molecule has 0 saturated heterocycles. The van der Waals surface area contributed by atoms with Gasteiger partial charge in [-0.3, -0.25) is 0 Å². The maximum atomic E-state index is 8.11. The summed E-state index contributed by atoms with van der Waals surface area (Å²) in [5.41, 5.74) is 0. The Hall–Kier alpha value is -0.0800. The average Bonchev–Trinajstić information content (AvgIpc) is 1.61. The van der Waals surface area contributed by atoms with Gasteiger partial charge in [0.2, 0.25) is 0 Å². The van der Waals surface area contributed by atoms with Gasteiger partial charge in [-0.05, 0) is 13.5 Å². The van der Waals surface area contributed by atoms with E-state index in [0.29, 0.717) is 13.1 Å². The Labute approximate surface area is 38.2 Å². The van der Waals surface area contributed by atoms with E-state index < -0.39 is 0 Å². The Morgan fingerprint density at radius 1 is 1.67 bits per heavy atom. The molecule has 0 bridgehead atoms. The van der Waals surface area contributed by atoms with E-state index in [1.54, 1.807) is 0 Å². The van der Waals surface area contributed by atoms with Crippen LogP contribution in [0.15, 0.2) is 0 Å². The first kappa shape index (κ1) is 5.92. The van der Waals surface area contributed by atoms with Crippen molar-refractivity contribution >= 4 is 0 Å². The third-order valence-corrected chi connectivity index (χ3v) is 0.465. The molecule has 0 saturated carbocycles. The van der Waals surface area contributed by atoms with Crippen molar-refractivity contribution in [3.8, 4) is 0 Å². The van der Waals surface area contributed by atoms with Gasteiger partial charge in [-0.25, -0.2) is 0 Å². The highest BCUT2D eigenvalue weighted by Crippen LogP contribution is 1.50. The van der Waals surface area contributed by atoms with Crippen LogP contribution < -0.4 is 5.32 Å². The van der Waals surface area contributed by atoms with Crippen molar-refractivity contribution in [1.82, 2.24) is 5.32 Å². The fourth-order valence-corrected chi connectivity index (χ4v) is 0.204. The van der Waals surface area contributed by atoms with Gasteiger partial charge in [-0.15, -0.1) is 0 Å². The van der Waals surface area contributed by atoms with Crippen LogP contribution in [-0.4, -0.2) is 24.8 Å². The summed E-state index contributed by atoms with van der Waals surface area (Å²) < 4.78 is 0. The van der Waals surface area contributed by atoms with Gasteiger partial charge in [0, 0.05) is 6.54 Å². The minimum absolute atomic E-state index is 0.204. The molecule has 0 aliphatic rings. The third kappa shape index (κ3) is 3.92. The fourth-order valence-electron chi connectivity index (χ4n) is 0.204. The number of nitrogens with one attached hydrogen (secondary N) is 1. The zero-order valence-corrected chi connectivity index (χ0v) is 3.78. The molecule has 37 valence electrons. The number of hydrogen-bond donors (Lipinski definition) is 2. The predicted molar refractivity (Wildman–Crippen MR) is 25.3 cm³/mol. The van der Waals surface area contributed by atoms with Crippen LogP contribution in [0.5, 0.6) is 0 Å². The smallest absolute Gasteiger partial charge is 0.0555 e. The summed E-state index contributed by atoms with van der Waals surface area (Å²) in [6, 6.07) is 0. The second kappa shape index (κ2) is 4.92. The van der Waals surface area contributed by atoms with Crippen molar-refractivity contribution in [1.29, 1.82) is 0 Å². The summed E-state index contributed by atoms with van der Waals surface area (Å²) in [4.78, 5) is 0. The molecule has 1 radical (unpaired) electrons. The molecular formula is C4H10NO. The Kier molecular flexibility index (Phi) is 4.85. The van der Waals surface area contributed by atoms with E-state index in [1.165, 1.54) is 0 Å². The van der Waals surface area contributed by atoms with E-state index in [0.717, 1.165) is 0 Å². The predicted octanol–water partition coefficient (Wildman–Crippen LogP) is -0.598. The number of aliphatic hydroxyl groups excluding tert-OH is 1. The molecule has 2 N–H and O–H groups in total. The van der Waals surface area contributed by atoms with E-state index in [1.807, 2.05) is 0 Å². The molecule has 0 aromatic rings. The lowest BCUT2D eigenvalue weighted by molar-refractivity contribution is 0.294. The van der Waals surface area contributed by atoms with E-state index in [-0.39, 0.29) is 6.61 Å². The van der Waals surface area contributed by atoms with Crippen molar-refractivity contribution in [2.24, 2.45) is 0 Å². The van der Waals surface area contributed by atoms with Crippen LogP contribution >= 0.6 is 0 Å². The Morgan fingerprint density at radius 3 is 2.50 bits per heavy atom.